The second kappa shape index (κ2) is 5.61. The van der Waals surface area contributed by atoms with Crippen LogP contribution in [0.1, 0.15) is 12.5 Å². The quantitative estimate of drug-likeness (QED) is 0.664. The Morgan fingerprint density at radius 2 is 2.17 bits per heavy atom. The number of H-pyrrole nitrogens is 1. The van der Waals surface area contributed by atoms with Crippen LogP contribution in [0.5, 0.6) is 0 Å². The van der Waals surface area contributed by atoms with Gasteiger partial charge in [-0.1, -0.05) is 6.92 Å². The third-order valence-corrected chi connectivity index (χ3v) is 3.55. The number of nitriles is 1. The number of hydrogen-bond acceptors (Lipinski definition) is 5. The van der Waals surface area contributed by atoms with Gasteiger partial charge in [-0.05, 0) is 0 Å². The molecule has 0 atom stereocenters. The Labute approximate surface area is 103 Å². The van der Waals surface area contributed by atoms with E-state index >= 15 is 0 Å². The monoisotopic (exact) mass is 272 g/mol. The van der Waals surface area contributed by atoms with E-state index in [0.717, 1.165) is 10.8 Å². The molecule has 0 bridgehead atoms. The minimum absolute atomic E-state index is 0.139. The number of aryl methyl sites for hydroxylation is 1. The lowest BCUT2D eigenvalue weighted by molar-refractivity contribution is 0.573. The van der Waals surface area contributed by atoms with Crippen molar-refractivity contribution in [1.82, 2.24) is 14.3 Å². The molecular weight excluding hydrogens is 260 g/mol. The number of aromatic amines is 1. The molecule has 1 aromatic heterocycles. The molecule has 9 heteroatoms. The summed E-state index contributed by atoms with van der Waals surface area (Å²) in [6, 6.07) is 1.62. The zero-order valence-electron chi connectivity index (χ0n) is 9.63. The van der Waals surface area contributed by atoms with Crippen molar-refractivity contribution in [3.05, 3.63) is 32.6 Å². The fourth-order valence-corrected chi connectivity index (χ4v) is 2.29. The predicted molar refractivity (Wildman–Crippen MR) is 63.5 cm³/mol. The SMILES string of the molecule is CCNS(=O)(=O)CCn1cc(C#N)c(=O)[nH]c1=O. The molecule has 0 aliphatic rings. The molecule has 1 rings (SSSR count). The van der Waals surface area contributed by atoms with Crippen LogP contribution in [0.2, 0.25) is 0 Å². The molecule has 8 nitrogen and oxygen atoms in total. The van der Waals surface area contributed by atoms with Crippen LogP contribution in [0, 0.1) is 11.3 Å². The van der Waals surface area contributed by atoms with E-state index in [1.165, 1.54) is 0 Å². The summed E-state index contributed by atoms with van der Waals surface area (Å²) in [7, 11) is -3.46. The van der Waals surface area contributed by atoms with Crippen LogP contribution < -0.4 is 16.0 Å². The third kappa shape index (κ3) is 3.54. The van der Waals surface area contributed by atoms with Crippen LogP contribution in [0.4, 0.5) is 0 Å². The van der Waals surface area contributed by atoms with Gasteiger partial charge in [0.25, 0.3) is 5.56 Å². The number of aromatic nitrogens is 2. The molecule has 1 aromatic rings. The zero-order chi connectivity index (χ0) is 13.8. The first-order chi connectivity index (χ1) is 8.39. The average Bonchev–Trinajstić information content (AvgIpc) is 2.28. The van der Waals surface area contributed by atoms with E-state index in [9.17, 15) is 18.0 Å². The van der Waals surface area contributed by atoms with Gasteiger partial charge in [-0.25, -0.2) is 17.9 Å². The minimum atomic E-state index is -3.46. The summed E-state index contributed by atoms with van der Waals surface area (Å²) in [6.07, 6.45) is 1.04. The fourth-order valence-electron chi connectivity index (χ4n) is 1.27. The average molecular weight is 272 g/mol. The van der Waals surface area contributed by atoms with Crippen LogP contribution in [0.25, 0.3) is 0 Å². The molecule has 0 spiro atoms. The molecule has 0 saturated heterocycles. The van der Waals surface area contributed by atoms with E-state index in [-0.39, 0.29) is 24.4 Å². The molecule has 0 saturated carbocycles. The standard InChI is InChI=1S/C9H12N4O4S/c1-2-11-18(16,17)4-3-13-6-7(5-10)8(14)12-9(13)15/h6,11H,2-4H2,1H3,(H,12,14,15). The highest BCUT2D eigenvalue weighted by atomic mass is 32.2. The van der Waals surface area contributed by atoms with Crippen molar-refractivity contribution in [2.45, 2.75) is 13.5 Å². The lowest BCUT2D eigenvalue weighted by atomic mass is 10.4. The Bertz CT molecular complexity index is 680. The van der Waals surface area contributed by atoms with Gasteiger partial charge in [0.05, 0.1) is 5.75 Å². The van der Waals surface area contributed by atoms with Gasteiger partial charge in [0.1, 0.15) is 11.6 Å². The summed E-state index contributed by atoms with van der Waals surface area (Å²) < 4.78 is 26.0. The Hall–Kier alpha value is -1.92. The first-order valence-corrected chi connectivity index (χ1v) is 6.76. The summed E-state index contributed by atoms with van der Waals surface area (Å²) >= 11 is 0. The molecule has 0 unspecified atom stereocenters. The largest absolute Gasteiger partial charge is 0.328 e. The van der Waals surface area contributed by atoms with Gasteiger partial charge in [0.15, 0.2) is 0 Å². The molecular formula is C9H12N4O4S. The third-order valence-electron chi connectivity index (χ3n) is 2.10. The highest BCUT2D eigenvalue weighted by Crippen LogP contribution is 1.89. The van der Waals surface area contributed by atoms with E-state index in [1.807, 2.05) is 4.98 Å². The molecule has 0 amide bonds. The second-order valence-corrected chi connectivity index (χ2v) is 5.35. The van der Waals surface area contributed by atoms with Crippen molar-refractivity contribution in [3.63, 3.8) is 0 Å². The lowest BCUT2D eigenvalue weighted by Gasteiger charge is -2.06. The van der Waals surface area contributed by atoms with Gasteiger partial charge >= 0.3 is 5.69 Å². The van der Waals surface area contributed by atoms with Crippen LogP contribution in [0.15, 0.2) is 15.8 Å². The summed E-state index contributed by atoms with van der Waals surface area (Å²) in [5.74, 6) is -0.308. The first kappa shape index (κ1) is 14.1. The van der Waals surface area contributed by atoms with E-state index in [0.29, 0.717) is 0 Å². The molecule has 0 aliphatic heterocycles. The number of nitrogens with zero attached hydrogens (tertiary/aromatic N) is 2. The second-order valence-electron chi connectivity index (χ2n) is 3.42. The van der Waals surface area contributed by atoms with Crippen LogP contribution in [-0.4, -0.2) is 30.3 Å². The molecule has 2 N–H and O–H groups in total. The normalized spacial score (nSPS) is 11.1. The fraction of sp³-hybridized carbons (Fsp3) is 0.444. The summed E-state index contributed by atoms with van der Waals surface area (Å²) in [5, 5.41) is 8.63. The van der Waals surface area contributed by atoms with Gasteiger partial charge < -0.3 is 0 Å². The Kier molecular flexibility index (Phi) is 4.41. The van der Waals surface area contributed by atoms with Crippen LogP contribution in [0.3, 0.4) is 0 Å². The Morgan fingerprint density at radius 3 is 2.72 bits per heavy atom. The van der Waals surface area contributed by atoms with Crippen molar-refractivity contribution in [2.75, 3.05) is 12.3 Å². The predicted octanol–water partition coefficient (Wildman–Crippen LogP) is -1.65. The van der Waals surface area contributed by atoms with Crippen LogP contribution in [-0.2, 0) is 16.6 Å². The summed E-state index contributed by atoms with van der Waals surface area (Å²) in [5.41, 5.74) is -1.77. The van der Waals surface area contributed by atoms with Gasteiger partial charge in [0, 0.05) is 19.3 Å². The maximum absolute atomic E-state index is 11.4. The molecule has 0 aliphatic carbocycles. The van der Waals surface area contributed by atoms with Crippen molar-refractivity contribution in [2.24, 2.45) is 0 Å². The van der Waals surface area contributed by atoms with Crippen LogP contribution >= 0.6 is 0 Å². The number of sulfonamides is 1. The van der Waals surface area contributed by atoms with E-state index in [1.54, 1.807) is 13.0 Å². The Morgan fingerprint density at radius 1 is 1.50 bits per heavy atom. The first-order valence-electron chi connectivity index (χ1n) is 5.11. The summed E-state index contributed by atoms with van der Waals surface area (Å²) in [4.78, 5) is 24.4. The van der Waals surface area contributed by atoms with Crippen molar-refractivity contribution in [3.8, 4) is 6.07 Å². The maximum Gasteiger partial charge on any atom is 0.328 e. The lowest BCUT2D eigenvalue weighted by Crippen LogP contribution is -2.35. The van der Waals surface area contributed by atoms with E-state index < -0.39 is 21.3 Å². The Balaban J connectivity index is 2.97. The van der Waals surface area contributed by atoms with Gasteiger partial charge in [-0.3, -0.25) is 14.3 Å². The number of hydrogen-bond donors (Lipinski definition) is 2. The molecule has 0 aromatic carbocycles. The number of nitrogens with one attached hydrogen (secondary N) is 2. The van der Waals surface area contributed by atoms with Crippen molar-refractivity contribution >= 4 is 10.0 Å². The van der Waals surface area contributed by atoms with E-state index in [4.69, 9.17) is 5.26 Å². The summed E-state index contributed by atoms with van der Waals surface area (Å²) in [6.45, 7) is 1.75. The minimum Gasteiger partial charge on any atom is -0.298 e. The highest BCUT2D eigenvalue weighted by molar-refractivity contribution is 7.89. The van der Waals surface area contributed by atoms with Gasteiger partial charge in [-0.15, -0.1) is 0 Å². The van der Waals surface area contributed by atoms with E-state index in [2.05, 4.69) is 4.72 Å². The molecule has 98 valence electrons. The smallest absolute Gasteiger partial charge is 0.298 e. The van der Waals surface area contributed by atoms with Crippen molar-refractivity contribution in [1.29, 1.82) is 5.26 Å². The van der Waals surface area contributed by atoms with Gasteiger partial charge in [-0.2, -0.15) is 5.26 Å². The highest BCUT2D eigenvalue weighted by Gasteiger charge is 2.10. The zero-order valence-corrected chi connectivity index (χ0v) is 10.5. The molecule has 18 heavy (non-hydrogen) atoms. The number of rotatable bonds is 5. The molecule has 1 heterocycles. The molecule has 0 radical (unpaired) electrons. The van der Waals surface area contributed by atoms with Crippen molar-refractivity contribution < 1.29 is 8.42 Å². The topological polar surface area (TPSA) is 125 Å². The van der Waals surface area contributed by atoms with Gasteiger partial charge in [0.2, 0.25) is 10.0 Å². The maximum atomic E-state index is 11.4. The molecule has 0 fully saturated rings.